The lowest BCUT2D eigenvalue weighted by atomic mass is 9.97. The van der Waals surface area contributed by atoms with Crippen molar-refractivity contribution in [1.82, 2.24) is 0 Å². The van der Waals surface area contributed by atoms with Gasteiger partial charge in [-0.2, -0.15) is 0 Å². The van der Waals surface area contributed by atoms with Crippen molar-refractivity contribution in [3.05, 3.63) is 23.7 Å². The summed E-state index contributed by atoms with van der Waals surface area (Å²) in [5, 5.41) is 0. The Morgan fingerprint density at radius 2 is 2.20 bits per heavy atom. The van der Waals surface area contributed by atoms with Crippen molar-refractivity contribution in [1.29, 1.82) is 0 Å². The summed E-state index contributed by atoms with van der Waals surface area (Å²) >= 11 is 0. The molecule has 15 heavy (non-hydrogen) atoms. The number of ether oxygens (including phenoxy) is 1. The van der Waals surface area contributed by atoms with Gasteiger partial charge in [0.25, 0.3) is 0 Å². The minimum Gasteiger partial charge on any atom is -0.467 e. The first kappa shape index (κ1) is 12.3. The van der Waals surface area contributed by atoms with Crippen LogP contribution in [0.2, 0.25) is 0 Å². The summed E-state index contributed by atoms with van der Waals surface area (Å²) in [5.74, 6) is 0.891. The minimum absolute atomic E-state index is 0.0329. The second kappa shape index (κ2) is 4.81. The minimum atomic E-state index is -0.113. The fraction of sp³-hybridized carbons (Fsp3) is 0.667. The number of furan rings is 1. The van der Waals surface area contributed by atoms with Gasteiger partial charge in [0, 0.05) is 7.11 Å². The molecule has 0 radical (unpaired) electrons. The third-order valence-electron chi connectivity index (χ3n) is 2.85. The van der Waals surface area contributed by atoms with Crippen molar-refractivity contribution in [2.24, 2.45) is 5.73 Å². The van der Waals surface area contributed by atoms with Crippen molar-refractivity contribution in [2.45, 2.75) is 45.3 Å². The molecule has 0 saturated heterocycles. The summed E-state index contributed by atoms with van der Waals surface area (Å²) < 4.78 is 10.7. The lowest BCUT2D eigenvalue weighted by molar-refractivity contribution is 0.0121. The van der Waals surface area contributed by atoms with Crippen LogP contribution in [0.25, 0.3) is 0 Å². The first-order valence-electron chi connectivity index (χ1n) is 5.31. The number of methoxy groups -OCH3 is 1. The van der Waals surface area contributed by atoms with Crippen molar-refractivity contribution < 1.29 is 9.15 Å². The third-order valence-corrected chi connectivity index (χ3v) is 2.85. The quantitative estimate of drug-likeness (QED) is 0.814. The number of nitrogens with two attached hydrogens (primary N) is 1. The number of hydrogen-bond acceptors (Lipinski definition) is 3. The van der Waals surface area contributed by atoms with Gasteiger partial charge in [0.05, 0.1) is 17.9 Å². The standard InChI is InChI=1S/C12H21NO2/c1-9-6-8-15-11(9)10(13)5-7-12(2,3)14-4/h6,8,10H,5,7,13H2,1-4H3. The van der Waals surface area contributed by atoms with E-state index in [-0.39, 0.29) is 11.6 Å². The van der Waals surface area contributed by atoms with Gasteiger partial charge in [-0.05, 0) is 45.2 Å². The molecule has 3 heteroatoms. The Morgan fingerprint density at radius 3 is 2.67 bits per heavy atom. The predicted octanol–water partition coefficient (Wildman–Crippen LogP) is 2.79. The maximum absolute atomic E-state index is 6.05. The molecule has 0 aliphatic heterocycles. The van der Waals surface area contributed by atoms with Crippen LogP contribution in [0.1, 0.15) is 44.1 Å². The van der Waals surface area contributed by atoms with Crippen LogP contribution in [0, 0.1) is 6.92 Å². The molecular formula is C12H21NO2. The van der Waals surface area contributed by atoms with Crippen molar-refractivity contribution in [3.63, 3.8) is 0 Å². The van der Waals surface area contributed by atoms with Crippen molar-refractivity contribution >= 4 is 0 Å². The Bertz CT molecular complexity index is 304. The molecule has 86 valence electrons. The Labute approximate surface area is 91.6 Å². The molecule has 1 rings (SSSR count). The molecule has 0 aliphatic rings. The Hall–Kier alpha value is -0.800. The highest BCUT2D eigenvalue weighted by molar-refractivity contribution is 5.17. The number of hydrogen-bond donors (Lipinski definition) is 1. The van der Waals surface area contributed by atoms with E-state index in [0.29, 0.717) is 0 Å². The van der Waals surface area contributed by atoms with Gasteiger partial charge in [-0.3, -0.25) is 0 Å². The summed E-state index contributed by atoms with van der Waals surface area (Å²) in [7, 11) is 1.73. The molecule has 1 aromatic heterocycles. The van der Waals surface area contributed by atoms with E-state index in [1.807, 2.05) is 13.0 Å². The maximum Gasteiger partial charge on any atom is 0.123 e. The van der Waals surface area contributed by atoms with Gasteiger partial charge >= 0.3 is 0 Å². The molecule has 0 bridgehead atoms. The normalized spacial score (nSPS) is 14.2. The Balaban J connectivity index is 2.50. The smallest absolute Gasteiger partial charge is 0.123 e. The first-order valence-corrected chi connectivity index (χ1v) is 5.31. The van der Waals surface area contributed by atoms with E-state index in [9.17, 15) is 0 Å². The zero-order valence-electron chi connectivity index (χ0n) is 10.0. The second-order valence-corrected chi connectivity index (χ2v) is 4.58. The van der Waals surface area contributed by atoms with Crippen LogP contribution in [0.5, 0.6) is 0 Å². The average molecular weight is 211 g/mol. The molecule has 0 spiro atoms. The molecule has 1 aromatic rings. The Kier molecular flexibility index (Phi) is 3.94. The second-order valence-electron chi connectivity index (χ2n) is 4.58. The lowest BCUT2D eigenvalue weighted by Crippen LogP contribution is -2.24. The molecule has 1 heterocycles. The molecular weight excluding hydrogens is 190 g/mol. The van der Waals surface area contributed by atoms with Gasteiger partial charge < -0.3 is 14.9 Å². The van der Waals surface area contributed by atoms with Crippen LogP contribution in [0.15, 0.2) is 16.7 Å². The van der Waals surface area contributed by atoms with Crippen molar-refractivity contribution in [3.8, 4) is 0 Å². The van der Waals surface area contributed by atoms with Crippen LogP contribution >= 0.6 is 0 Å². The zero-order chi connectivity index (χ0) is 11.5. The summed E-state index contributed by atoms with van der Waals surface area (Å²) in [6, 6.07) is 1.91. The molecule has 3 nitrogen and oxygen atoms in total. The van der Waals surface area contributed by atoms with Gasteiger partial charge in [-0.25, -0.2) is 0 Å². The van der Waals surface area contributed by atoms with E-state index < -0.39 is 0 Å². The van der Waals surface area contributed by atoms with Crippen LogP contribution in [-0.2, 0) is 4.74 Å². The summed E-state index contributed by atoms with van der Waals surface area (Å²) in [6.45, 7) is 6.14. The largest absolute Gasteiger partial charge is 0.467 e. The molecule has 0 aromatic carbocycles. The first-order chi connectivity index (χ1) is 6.96. The summed E-state index contributed by atoms with van der Waals surface area (Å²) in [4.78, 5) is 0. The molecule has 0 amide bonds. The molecule has 1 atom stereocenters. The highest BCUT2D eigenvalue weighted by Crippen LogP contribution is 2.25. The van der Waals surface area contributed by atoms with Gasteiger partial charge in [-0.1, -0.05) is 0 Å². The fourth-order valence-corrected chi connectivity index (χ4v) is 1.50. The van der Waals surface area contributed by atoms with Crippen LogP contribution in [-0.4, -0.2) is 12.7 Å². The van der Waals surface area contributed by atoms with Gasteiger partial charge in [-0.15, -0.1) is 0 Å². The average Bonchev–Trinajstić information content (AvgIpc) is 2.61. The topological polar surface area (TPSA) is 48.4 Å². The lowest BCUT2D eigenvalue weighted by Gasteiger charge is -2.24. The molecule has 2 N–H and O–H groups in total. The van der Waals surface area contributed by atoms with E-state index in [1.54, 1.807) is 13.4 Å². The van der Waals surface area contributed by atoms with Crippen LogP contribution in [0.3, 0.4) is 0 Å². The van der Waals surface area contributed by atoms with Crippen LogP contribution in [0.4, 0.5) is 0 Å². The SMILES string of the molecule is COC(C)(C)CCC(N)c1occc1C. The number of aryl methyl sites for hydroxylation is 1. The zero-order valence-corrected chi connectivity index (χ0v) is 10.0. The maximum atomic E-state index is 6.05. The summed E-state index contributed by atoms with van der Waals surface area (Å²) in [6.07, 6.45) is 3.48. The van der Waals surface area contributed by atoms with E-state index in [4.69, 9.17) is 14.9 Å². The monoisotopic (exact) mass is 211 g/mol. The van der Waals surface area contributed by atoms with E-state index in [1.165, 1.54) is 0 Å². The molecule has 0 saturated carbocycles. The van der Waals surface area contributed by atoms with Gasteiger partial charge in [0.1, 0.15) is 5.76 Å². The van der Waals surface area contributed by atoms with Crippen LogP contribution < -0.4 is 5.73 Å². The third kappa shape index (κ3) is 3.36. The number of rotatable bonds is 5. The predicted molar refractivity (Wildman–Crippen MR) is 60.7 cm³/mol. The highest BCUT2D eigenvalue weighted by atomic mass is 16.5. The molecule has 1 unspecified atom stereocenters. The molecule has 0 aliphatic carbocycles. The van der Waals surface area contributed by atoms with Crippen molar-refractivity contribution in [2.75, 3.05) is 7.11 Å². The Morgan fingerprint density at radius 1 is 1.53 bits per heavy atom. The van der Waals surface area contributed by atoms with E-state index >= 15 is 0 Å². The van der Waals surface area contributed by atoms with Gasteiger partial charge in [0.15, 0.2) is 0 Å². The van der Waals surface area contributed by atoms with E-state index in [2.05, 4.69) is 13.8 Å². The van der Waals surface area contributed by atoms with Gasteiger partial charge in [0.2, 0.25) is 0 Å². The fourth-order valence-electron chi connectivity index (χ4n) is 1.50. The molecule has 0 fully saturated rings. The van der Waals surface area contributed by atoms with E-state index in [0.717, 1.165) is 24.2 Å². The summed E-state index contributed by atoms with van der Waals surface area (Å²) in [5.41, 5.74) is 7.06. The highest BCUT2D eigenvalue weighted by Gasteiger charge is 2.20.